The van der Waals surface area contributed by atoms with Crippen LogP contribution in [0.15, 0.2) is 53.4 Å². The molecule has 2 aliphatic heterocycles. The standard InChI is InChI=1S/C28H39N3O6S/c1-21(2)22-9-10-26-25(15-22)37-20-28(19-30(3)17-23(32)16-29-38(26,34)35)11-13-31(14-12-28)27(33)18-36-24-7-5-4-6-8-24/h4-10,15,21,23,29,32H,11-14,16-20H2,1-3H3. The summed E-state index contributed by atoms with van der Waals surface area (Å²) in [5.41, 5.74) is 0.670. The van der Waals surface area contributed by atoms with Crippen LogP contribution in [0.25, 0.3) is 0 Å². The number of piperidine rings is 1. The zero-order valence-corrected chi connectivity index (χ0v) is 23.2. The first-order valence-electron chi connectivity index (χ1n) is 13.2. The van der Waals surface area contributed by atoms with Gasteiger partial charge in [-0.1, -0.05) is 38.1 Å². The number of aliphatic hydroxyl groups is 1. The van der Waals surface area contributed by atoms with E-state index in [9.17, 15) is 18.3 Å². The van der Waals surface area contributed by atoms with Gasteiger partial charge in [0.15, 0.2) is 6.61 Å². The average Bonchev–Trinajstić information content (AvgIpc) is 2.89. The molecule has 9 nitrogen and oxygen atoms in total. The summed E-state index contributed by atoms with van der Waals surface area (Å²) in [6, 6.07) is 14.5. The fraction of sp³-hybridized carbons (Fsp3) is 0.536. The number of aliphatic hydroxyl groups excluding tert-OH is 1. The molecule has 208 valence electrons. The highest BCUT2D eigenvalue weighted by Crippen LogP contribution is 2.36. The van der Waals surface area contributed by atoms with Crippen LogP contribution >= 0.6 is 0 Å². The fourth-order valence-corrected chi connectivity index (χ4v) is 6.32. The number of carbonyl (C=O) groups excluding carboxylic acids is 1. The minimum Gasteiger partial charge on any atom is -0.492 e. The predicted molar refractivity (Wildman–Crippen MR) is 145 cm³/mol. The number of likely N-dealkylation sites (tertiary alicyclic amines) is 1. The number of sulfonamides is 1. The van der Waals surface area contributed by atoms with Gasteiger partial charge in [0.25, 0.3) is 5.91 Å². The van der Waals surface area contributed by atoms with Crippen LogP contribution in [-0.4, -0.2) is 88.3 Å². The van der Waals surface area contributed by atoms with Gasteiger partial charge in [-0.2, -0.15) is 0 Å². The summed E-state index contributed by atoms with van der Waals surface area (Å²) in [7, 11) is -1.96. The normalized spacial score (nSPS) is 22.1. The van der Waals surface area contributed by atoms with Crippen molar-refractivity contribution >= 4 is 15.9 Å². The summed E-state index contributed by atoms with van der Waals surface area (Å²) in [5.74, 6) is 1.11. The van der Waals surface area contributed by atoms with Crippen molar-refractivity contribution in [2.24, 2.45) is 5.41 Å². The summed E-state index contributed by atoms with van der Waals surface area (Å²) >= 11 is 0. The number of amides is 1. The van der Waals surface area contributed by atoms with E-state index in [4.69, 9.17) is 9.47 Å². The van der Waals surface area contributed by atoms with Gasteiger partial charge in [0.1, 0.15) is 16.4 Å². The molecule has 0 saturated carbocycles. The van der Waals surface area contributed by atoms with Gasteiger partial charge in [0.2, 0.25) is 10.0 Å². The zero-order chi connectivity index (χ0) is 27.3. The average molecular weight is 546 g/mol. The minimum absolute atomic E-state index is 0.0180. The van der Waals surface area contributed by atoms with Gasteiger partial charge in [-0.05, 0) is 55.6 Å². The van der Waals surface area contributed by atoms with Crippen molar-refractivity contribution < 1.29 is 27.8 Å². The maximum absolute atomic E-state index is 13.1. The molecule has 0 radical (unpaired) electrons. The van der Waals surface area contributed by atoms with E-state index in [1.807, 2.05) is 61.0 Å². The highest BCUT2D eigenvalue weighted by Gasteiger charge is 2.39. The maximum Gasteiger partial charge on any atom is 0.260 e. The second-order valence-corrected chi connectivity index (χ2v) is 12.6. The van der Waals surface area contributed by atoms with Crippen molar-refractivity contribution in [1.82, 2.24) is 14.5 Å². The lowest BCUT2D eigenvalue weighted by Crippen LogP contribution is -2.52. The Hall–Kier alpha value is -2.66. The number of rotatable bonds is 4. The quantitative estimate of drug-likeness (QED) is 0.608. The van der Waals surface area contributed by atoms with Crippen LogP contribution in [0.3, 0.4) is 0 Å². The van der Waals surface area contributed by atoms with Gasteiger partial charge < -0.3 is 24.4 Å². The lowest BCUT2D eigenvalue weighted by molar-refractivity contribution is -0.136. The molecule has 1 unspecified atom stereocenters. The maximum atomic E-state index is 13.1. The molecule has 38 heavy (non-hydrogen) atoms. The Labute approximate surface area is 225 Å². The van der Waals surface area contributed by atoms with Gasteiger partial charge in [0, 0.05) is 38.1 Å². The number of ether oxygens (including phenoxy) is 2. The van der Waals surface area contributed by atoms with Crippen LogP contribution in [0.2, 0.25) is 0 Å². The number of likely N-dealkylation sites (N-methyl/N-ethyl adjacent to an activating group) is 1. The van der Waals surface area contributed by atoms with Crippen LogP contribution in [-0.2, 0) is 14.8 Å². The molecule has 1 atom stereocenters. The Morgan fingerprint density at radius 1 is 1.18 bits per heavy atom. The third-order valence-electron chi connectivity index (χ3n) is 7.38. The Bertz CT molecular complexity index is 1200. The molecule has 2 aliphatic rings. The summed E-state index contributed by atoms with van der Waals surface area (Å²) in [6.45, 7) is 6.36. The van der Waals surface area contributed by atoms with Gasteiger partial charge in [0.05, 0.1) is 12.7 Å². The molecule has 0 aromatic heterocycles. The third-order valence-corrected chi connectivity index (χ3v) is 8.84. The summed E-state index contributed by atoms with van der Waals surface area (Å²) in [6.07, 6.45) is 0.519. The largest absolute Gasteiger partial charge is 0.492 e. The van der Waals surface area contributed by atoms with Crippen LogP contribution in [0, 0.1) is 5.41 Å². The number of fused-ring (bicyclic) bond motifs is 1. The molecule has 1 amide bonds. The number of β-amino-alcohol motifs (C(OH)–C–C–N with tert-alkyl or cyclic N) is 1. The van der Waals surface area contributed by atoms with E-state index in [-0.39, 0.29) is 35.3 Å². The molecule has 2 aromatic rings. The third kappa shape index (κ3) is 7.05. The van der Waals surface area contributed by atoms with Crippen LogP contribution in [0.4, 0.5) is 0 Å². The highest BCUT2D eigenvalue weighted by atomic mass is 32.2. The van der Waals surface area contributed by atoms with Gasteiger partial charge >= 0.3 is 0 Å². The highest BCUT2D eigenvalue weighted by molar-refractivity contribution is 7.89. The van der Waals surface area contributed by atoms with E-state index in [1.165, 1.54) is 0 Å². The smallest absolute Gasteiger partial charge is 0.260 e. The van der Waals surface area contributed by atoms with Gasteiger partial charge in [-0.3, -0.25) is 4.79 Å². The van der Waals surface area contributed by atoms with E-state index in [0.717, 1.165) is 5.56 Å². The number of carbonyl (C=O) groups is 1. The molecule has 0 bridgehead atoms. The molecular formula is C28H39N3O6S. The molecule has 10 heteroatoms. The van der Waals surface area contributed by atoms with Crippen LogP contribution in [0.5, 0.6) is 11.5 Å². The van der Waals surface area contributed by atoms with Gasteiger partial charge in [-0.15, -0.1) is 0 Å². The topological polar surface area (TPSA) is 108 Å². The first-order chi connectivity index (χ1) is 18.1. The first-order valence-corrected chi connectivity index (χ1v) is 14.6. The number of benzene rings is 2. The number of para-hydroxylation sites is 1. The van der Waals surface area contributed by atoms with E-state index >= 15 is 0 Å². The Morgan fingerprint density at radius 3 is 2.58 bits per heavy atom. The molecule has 2 heterocycles. The van der Waals surface area contributed by atoms with E-state index in [1.54, 1.807) is 18.2 Å². The fourth-order valence-electron chi connectivity index (χ4n) is 5.13. The minimum atomic E-state index is -3.87. The number of nitrogens with one attached hydrogen (secondary N) is 1. The second-order valence-electron chi connectivity index (χ2n) is 10.8. The van der Waals surface area contributed by atoms with E-state index < -0.39 is 16.1 Å². The SMILES string of the molecule is CC(C)c1ccc2c(c1)OCC1(CCN(C(=O)COc3ccccc3)CC1)CN(C)CC(O)CNS2(=O)=O. The molecular weight excluding hydrogens is 506 g/mol. The first kappa shape index (κ1) is 28.4. The zero-order valence-electron chi connectivity index (χ0n) is 22.4. The predicted octanol–water partition coefficient (Wildman–Crippen LogP) is 2.46. The van der Waals surface area contributed by atoms with Crippen molar-refractivity contribution in [2.45, 2.75) is 43.6 Å². The summed E-state index contributed by atoms with van der Waals surface area (Å²) < 4.78 is 40.7. The van der Waals surface area contributed by atoms with Crippen LogP contribution < -0.4 is 14.2 Å². The number of hydrogen-bond donors (Lipinski definition) is 2. The number of hydrogen-bond acceptors (Lipinski definition) is 7. The Kier molecular flexibility index (Phi) is 8.97. The van der Waals surface area contributed by atoms with Gasteiger partial charge in [-0.25, -0.2) is 13.1 Å². The van der Waals surface area contributed by atoms with Crippen molar-refractivity contribution in [1.29, 1.82) is 0 Å². The molecule has 0 aliphatic carbocycles. The van der Waals surface area contributed by atoms with Crippen LogP contribution in [0.1, 0.15) is 38.2 Å². The molecule has 2 aromatic carbocycles. The van der Waals surface area contributed by atoms with Crippen molar-refractivity contribution in [3.05, 3.63) is 54.1 Å². The Balaban J connectivity index is 1.52. The molecule has 2 N–H and O–H groups in total. The lowest BCUT2D eigenvalue weighted by atomic mass is 9.78. The second kappa shape index (κ2) is 12.0. The molecule has 1 spiro atoms. The number of nitrogens with zero attached hydrogens (tertiary/aromatic N) is 2. The summed E-state index contributed by atoms with van der Waals surface area (Å²) in [5, 5.41) is 10.5. The molecule has 1 fully saturated rings. The lowest BCUT2D eigenvalue weighted by Gasteiger charge is -2.44. The monoisotopic (exact) mass is 545 g/mol. The van der Waals surface area contributed by atoms with Crippen molar-refractivity contribution in [3.8, 4) is 11.5 Å². The summed E-state index contributed by atoms with van der Waals surface area (Å²) in [4.78, 5) is 16.8. The van der Waals surface area contributed by atoms with E-state index in [0.29, 0.717) is 57.1 Å². The molecule has 1 saturated heterocycles. The van der Waals surface area contributed by atoms with E-state index in [2.05, 4.69) is 4.72 Å². The van der Waals surface area contributed by atoms with Crippen molar-refractivity contribution in [2.75, 3.05) is 53.0 Å². The molecule has 4 rings (SSSR count). The van der Waals surface area contributed by atoms with Crippen molar-refractivity contribution in [3.63, 3.8) is 0 Å². The Morgan fingerprint density at radius 2 is 1.89 bits per heavy atom.